The first-order valence-electron chi connectivity index (χ1n) is 7.54. The summed E-state index contributed by atoms with van der Waals surface area (Å²) in [6, 6.07) is 18.1. The second kappa shape index (κ2) is 5.74. The third-order valence-electron chi connectivity index (χ3n) is 4.02. The van der Waals surface area contributed by atoms with Crippen molar-refractivity contribution in [3.63, 3.8) is 0 Å². The molecule has 2 heterocycles. The SMILES string of the molecule is OCc1c(Cc2ccccc2)coc1-n1ncc2ccccc21. The number of fused-ring (bicyclic) bond motifs is 1. The van der Waals surface area contributed by atoms with E-state index in [9.17, 15) is 5.11 Å². The molecule has 0 spiro atoms. The van der Waals surface area contributed by atoms with E-state index >= 15 is 0 Å². The van der Waals surface area contributed by atoms with Crippen LogP contribution in [-0.4, -0.2) is 14.9 Å². The number of furan rings is 1. The van der Waals surface area contributed by atoms with Gasteiger partial charge in [-0.15, -0.1) is 0 Å². The van der Waals surface area contributed by atoms with E-state index in [0.29, 0.717) is 5.88 Å². The Morgan fingerprint density at radius 1 is 1.00 bits per heavy atom. The van der Waals surface area contributed by atoms with E-state index < -0.39 is 0 Å². The van der Waals surface area contributed by atoms with Crippen LogP contribution in [0.3, 0.4) is 0 Å². The van der Waals surface area contributed by atoms with Crippen molar-refractivity contribution in [2.45, 2.75) is 13.0 Å². The third kappa shape index (κ3) is 2.43. The summed E-state index contributed by atoms with van der Waals surface area (Å²) in [6.45, 7) is -0.0812. The van der Waals surface area contributed by atoms with Crippen molar-refractivity contribution in [1.82, 2.24) is 9.78 Å². The van der Waals surface area contributed by atoms with E-state index in [1.165, 1.54) is 5.56 Å². The summed E-state index contributed by atoms with van der Waals surface area (Å²) in [7, 11) is 0. The summed E-state index contributed by atoms with van der Waals surface area (Å²) < 4.78 is 7.50. The molecule has 0 unspecified atom stereocenters. The van der Waals surface area contributed by atoms with Crippen LogP contribution in [0.5, 0.6) is 0 Å². The first kappa shape index (κ1) is 13.8. The molecule has 0 atom stereocenters. The highest BCUT2D eigenvalue weighted by Crippen LogP contribution is 2.26. The monoisotopic (exact) mass is 304 g/mol. The summed E-state index contributed by atoms with van der Waals surface area (Å²) in [6.07, 6.45) is 4.24. The topological polar surface area (TPSA) is 51.2 Å². The smallest absolute Gasteiger partial charge is 0.226 e. The lowest BCUT2D eigenvalue weighted by atomic mass is 10.0. The Kier molecular flexibility index (Phi) is 3.44. The number of para-hydroxylation sites is 1. The predicted molar refractivity (Wildman–Crippen MR) is 88.5 cm³/mol. The number of aliphatic hydroxyl groups is 1. The fourth-order valence-electron chi connectivity index (χ4n) is 2.85. The molecule has 0 saturated heterocycles. The molecule has 114 valence electrons. The third-order valence-corrected chi connectivity index (χ3v) is 4.02. The highest BCUT2D eigenvalue weighted by atomic mass is 16.3. The van der Waals surface area contributed by atoms with Crippen LogP contribution in [-0.2, 0) is 13.0 Å². The lowest BCUT2D eigenvalue weighted by molar-refractivity contribution is 0.279. The number of hydrogen-bond acceptors (Lipinski definition) is 3. The molecule has 4 nitrogen and oxygen atoms in total. The first-order chi connectivity index (χ1) is 11.4. The Labute approximate surface area is 133 Å². The minimum atomic E-state index is -0.0812. The van der Waals surface area contributed by atoms with E-state index in [1.54, 1.807) is 17.1 Å². The average molecular weight is 304 g/mol. The van der Waals surface area contributed by atoms with E-state index in [2.05, 4.69) is 17.2 Å². The molecule has 4 rings (SSSR count). The summed E-state index contributed by atoms with van der Waals surface area (Å²) in [5.41, 5.74) is 3.90. The molecule has 0 bridgehead atoms. The molecule has 2 aromatic heterocycles. The van der Waals surface area contributed by atoms with E-state index in [4.69, 9.17) is 4.42 Å². The quantitative estimate of drug-likeness (QED) is 0.625. The van der Waals surface area contributed by atoms with Gasteiger partial charge in [0.25, 0.3) is 0 Å². The molecule has 0 aliphatic rings. The van der Waals surface area contributed by atoms with Gasteiger partial charge in [0.2, 0.25) is 5.88 Å². The second-order valence-corrected chi connectivity index (χ2v) is 5.48. The van der Waals surface area contributed by atoms with E-state index in [1.807, 2.05) is 42.5 Å². The lowest BCUT2D eigenvalue weighted by Crippen LogP contribution is -2.00. The zero-order valence-corrected chi connectivity index (χ0v) is 12.5. The number of aromatic nitrogens is 2. The lowest BCUT2D eigenvalue weighted by Gasteiger charge is -2.04. The first-order valence-corrected chi connectivity index (χ1v) is 7.54. The maximum atomic E-state index is 9.84. The van der Waals surface area contributed by atoms with Gasteiger partial charge in [-0.3, -0.25) is 0 Å². The van der Waals surface area contributed by atoms with Gasteiger partial charge in [0.1, 0.15) is 0 Å². The number of nitrogens with zero attached hydrogens (tertiary/aromatic N) is 2. The predicted octanol–water partition coefficient (Wildman–Crippen LogP) is 3.70. The Balaban J connectivity index is 1.78. The highest BCUT2D eigenvalue weighted by Gasteiger charge is 2.17. The molecule has 0 fully saturated rings. The molecule has 0 radical (unpaired) electrons. The van der Waals surface area contributed by atoms with Gasteiger partial charge in [0, 0.05) is 22.9 Å². The van der Waals surface area contributed by atoms with Gasteiger partial charge in [-0.1, -0.05) is 48.5 Å². The van der Waals surface area contributed by atoms with Crippen LogP contribution in [0.1, 0.15) is 16.7 Å². The molecule has 4 heteroatoms. The standard InChI is InChI=1S/C19H16N2O2/c22-12-17-16(10-14-6-2-1-3-7-14)13-23-19(17)21-18-9-5-4-8-15(18)11-20-21/h1-9,11,13,22H,10,12H2. The van der Waals surface area contributed by atoms with Crippen molar-refractivity contribution in [2.24, 2.45) is 0 Å². The number of aliphatic hydroxyl groups excluding tert-OH is 1. The molecular weight excluding hydrogens is 288 g/mol. The van der Waals surface area contributed by atoms with Gasteiger partial charge < -0.3 is 9.52 Å². The average Bonchev–Trinajstić information content (AvgIpc) is 3.19. The van der Waals surface area contributed by atoms with Crippen LogP contribution in [0.25, 0.3) is 16.8 Å². The van der Waals surface area contributed by atoms with Crippen LogP contribution in [0, 0.1) is 0 Å². The molecule has 4 aromatic rings. The summed E-state index contributed by atoms with van der Waals surface area (Å²) in [5.74, 6) is 0.583. The van der Waals surface area contributed by atoms with E-state index in [0.717, 1.165) is 28.5 Å². The van der Waals surface area contributed by atoms with Crippen molar-refractivity contribution >= 4 is 10.9 Å². The zero-order valence-electron chi connectivity index (χ0n) is 12.5. The number of hydrogen-bond donors (Lipinski definition) is 1. The molecule has 0 aliphatic carbocycles. The molecule has 1 N–H and O–H groups in total. The van der Waals surface area contributed by atoms with Crippen LogP contribution < -0.4 is 0 Å². The van der Waals surface area contributed by atoms with Gasteiger partial charge >= 0.3 is 0 Å². The van der Waals surface area contributed by atoms with E-state index in [-0.39, 0.29) is 6.61 Å². The maximum absolute atomic E-state index is 9.84. The molecule has 0 saturated carbocycles. The van der Waals surface area contributed by atoms with Crippen LogP contribution >= 0.6 is 0 Å². The summed E-state index contributed by atoms with van der Waals surface area (Å²) in [4.78, 5) is 0. The maximum Gasteiger partial charge on any atom is 0.226 e. The van der Waals surface area contributed by atoms with Crippen LogP contribution in [0.4, 0.5) is 0 Å². The van der Waals surface area contributed by atoms with Crippen LogP contribution in [0.2, 0.25) is 0 Å². The number of rotatable bonds is 4. The normalized spacial score (nSPS) is 11.2. The fraction of sp³-hybridized carbons (Fsp3) is 0.105. The molecule has 2 aromatic carbocycles. The Morgan fingerprint density at radius 2 is 1.78 bits per heavy atom. The van der Waals surface area contributed by atoms with Crippen molar-refractivity contribution in [3.05, 3.63) is 83.7 Å². The largest absolute Gasteiger partial charge is 0.446 e. The highest BCUT2D eigenvalue weighted by molar-refractivity contribution is 5.79. The van der Waals surface area contributed by atoms with Gasteiger partial charge in [-0.25, -0.2) is 0 Å². The Hall–Kier alpha value is -2.85. The van der Waals surface area contributed by atoms with Gasteiger partial charge in [0.15, 0.2) is 0 Å². The fourth-order valence-corrected chi connectivity index (χ4v) is 2.85. The number of benzene rings is 2. The molecule has 23 heavy (non-hydrogen) atoms. The summed E-state index contributed by atoms with van der Waals surface area (Å²) >= 11 is 0. The minimum absolute atomic E-state index is 0.0812. The molecule has 0 aliphatic heterocycles. The van der Waals surface area contributed by atoms with Gasteiger partial charge in [-0.05, 0) is 11.6 Å². The van der Waals surface area contributed by atoms with Crippen LogP contribution in [0.15, 0.2) is 71.5 Å². The zero-order chi connectivity index (χ0) is 15.6. The second-order valence-electron chi connectivity index (χ2n) is 5.48. The van der Waals surface area contributed by atoms with Crippen molar-refractivity contribution in [1.29, 1.82) is 0 Å². The Bertz CT molecular complexity index is 938. The van der Waals surface area contributed by atoms with Gasteiger partial charge in [0.05, 0.1) is 24.6 Å². The van der Waals surface area contributed by atoms with Crippen molar-refractivity contribution < 1.29 is 9.52 Å². The van der Waals surface area contributed by atoms with Gasteiger partial charge in [-0.2, -0.15) is 9.78 Å². The molecule has 0 amide bonds. The molecular formula is C19H16N2O2. The van der Waals surface area contributed by atoms with Crippen molar-refractivity contribution in [2.75, 3.05) is 0 Å². The van der Waals surface area contributed by atoms with Crippen molar-refractivity contribution in [3.8, 4) is 5.88 Å². The Morgan fingerprint density at radius 3 is 2.61 bits per heavy atom. The minimum Gasteiger partial charge on any atom is -0.446 e. The summed E-state index contributed by atoms with van der Waals surface area (Å²) in [5, 5.41) is 15.3.